The Bertz CT molecular complexity index is 477. The zero-order valence-electron chi connectivity index (χ0n) is 12.5. The molecule has 0 bridgehead atoms. The van der Waals surface area contributed by atoms with Crippen LogP contribution in [-0.2, 0) is 14.6 Å². The molecule has 1 saturated carbocycles. The molecular formula is C13H24N2O5S. The van der Waals surface area contributed by atoms with E-state index in [1.807, 2.05) is 0 Å². The van der Waals surface area contributed by atoms with Crippen LogP contribution in [0.2, 0.25) is 0 Å². The Hall–Kier alpha value is -1.31. The molecule has 1 rings (SSSR count). The number of hydrogen-bond acceptors (Lipinski definition) is 4. The Kier molecular flexibility index (Phi) is 6.44. The fourth-order valence-electron chi connectivity index (χ4n) is 2.55. The highest BCUT2D eigenvalue weighted by molar-refractivity contribution is 7.90. The number of carboxylic acids is 1. The molecular weight excluding hydrogens is 296 g/mol. The molecule has 122 valence electrons. The van der Waals surface area contributed by atoms with Crippen molar-refractivity contribution >= 4 is 21.8 Å². The van der Waals surface area contributed by atoms with Gasteiger partial charge in [-0.3, -0.25) is 0 Å². The molecule has 0 aromatic carbocycles. The number of carbonyl (C=O) groups is 2. The van der Waals surface area contributed by atoms with Gasteiger partial charge in [-0.05, 0) is 31.1 Å². The summed E-state index contributed by atoms with van der Waals surface area (Å²) >= 11 is 0. The highest BCUT2D eigenvalue weighted by Crippen LogP contribution is 2.29. The summed E-state index contributed by atoms with van der Waals surface area (Å²) in [7, 11) is -3.26. The summed E-state index contributed by atoms with van der Waals surface area (Å²) in [4.78, 5) is 22.7. The van der Waals surface area contributed by atoms with E-state index in [4.69, 9.17) is 5.11 Å². The van der Waals surface area contributed by atoms with Gasteiger partial charge in [-0.2, -0.15) is 0 Å². The standard InChI is InChI=1S/C13H24N2O5S/c1-9-3-4-10(7-9)8-14-13(18)15-11(12(16)17)5-6-21(2,19)20/h9-11H,3-8H2,1-2H3,(H,16,17)(H2,14,15,18). The van der Waals surface area contributed by atoms with Crippen LogP contribution < -0.4 is 10.6 Å². The van der Waals surface area contributed by atoms with Crippen LogP contribution in [0, 0.1) is 11.8 Å². The van der Waals surface area contributed by atoms with E-state index in [-0.39, 0.29) is 12.2 Å². The number of urea groups is 1. The Balaban J connectivity index is 2.36. The first-order valence-electron chi connectivity index (χ1n) is 7.12. The van der Waals surface area contributed by atoms with Gasteiger partial charge in [0.1, 0.15) is 15.9 Å². The van der Waals surface area contributed by atoms with Crippen LogP contribution in [0.1, 0.15) is 32.6 Å². The number of carbonyl (C=O) groups excluding carboxylic acids is 1. The lowest BCUT2D eigenvalue weighted by atomic mass is 10.1. The first-order chi connectivity index (χ1) is 9.67. The lowest BCUT2D eigenvalue weighted by molar-refractivity contribution is -0.139. The molecule has 0 saturated heterocycles. The summed E-state index contributed by atoms with van der Waals surface area (Å²) in [5, 5.41) is 14.0. The number of amides is 2. The highest BCUT2D eigenvalue weighted by Gasteiger charge is 2.24. The van der Waals surface area contributed by atoms with Gasteiger partial charge in [0, 0.05) is 12.8 Å². The number of carboxylic acid groups (broad SMARTS) is 1. The fraction of sp³-hybridized carbons (Fsp3) is 0.846. The van der Waals surface area contributed by atoms with Crippen molar-refractivity contribution in [2.75, 3.05) is 18.6 Å². The SMILES string of the molecule is CC1CCC(CNC(=O)NC(CCS(C)(=O)=O)C(=O)O)C1. The van der Waals surface area contributed by atoms with E-state index in [0.717, 1.165) is 25.5 Å². The van der Waals surface area contributed by atoms with Crippen LogP contribution in [0.15, 0.2) is 0 Å². The fourth-order valence-corrected chi connectivity index (χ4v) is 3.21. The van der Waals surface area contributed by atoms with Gasteiger partial charge in [0.25, 0.3) is 0 Å². The van der Waals surface area contributed by atoms with Crippen molar-refractivity contribution in [3.8, 4) is 0 Å². The molecule has 2 amide bonds. The largest absolute Gasteiger partial charge is 0.480 e. The molecule has 0 heterocycles. The molecule has 3 atom stereocenters. The molecule has 7 nitrogen and oxygen atoms in total. The van der Waals surface area contributed by atoms with Gasteiger partial charge in [-0.25, -0.2) is 18.0 Å². The number of aliphatic carboxylic acids is 1. The average molecular weight is 320 g/mol. The summed E-state index contributed by atoms with van der Waals surface area (Å²) in [6, 6.07) is -1.75. The number of nitrogens with one attached hydrogen (secondary N) is 2. The molecule has 0 aliphatic heterocycles. The molecule has 0 spiro atoms. The van der Waals surface area contributed by atoms with Crippen LogP contribution in [0.3, 0.4) is 0 Å². The van der Waals surface area contributed by atoms with Gasteiger partial charge in [0.2, 0.25) is 0 Å². The summed E-state index contributed by atoms with van der Waals surface area (Å²) in [6.07, 6.45) is 4.18. The van der Waals surface area contributed by atoms with Crippen molar-refractivity contribution in [3.05, 3.63) is 0 Å². The van der Waals surface area contributed by atoms with Crippen LogP contribution in [0.5, 0.6) is 0 Å². The van der Waals surface area contributed by atoms with E-state index < -0.39 is 27.9 Å². The first-order valence-corrected chi connectivity index (χ1v) is 9.18. The van der Waals surface area contributed by atoms with Gasteiger partial charge in [-0.1, -0.05) is 13.3 Å². The second-order valence-corrected chi connectivity index (χ2v) is 8.21. The molecule has 8 heteroatoms. The van der Waals surface area contributed by atoms with E-state index in [0.29, 0.717) is 18.4 Å². The molecule has 1 fully saturated rings. The van der Waals surface area contributed by atoms with Crippen LogP contribution in [-0.4, -0.2) is 50.1 Å². The maximum absolute atomic E-state index is 11.7. The normalized spacial score (nSPS) is 23.5. The third-order valence-corrected chi connectivity index (χ3v) is 4.71. The van der Waals surface area contributed by atoms with Crippen LogP contribution in [0.4, 0.5) is 4.79 Å². The lowest BCUT2D eigenvalue weighted by Gasteiger charge is -2.16. The first kappa shape index (κ1) is 17.7. The van der Waals surface area contributed by atoms with E-state index in [9.17, 15) is 18.0 Å². The maximum Gasteiger partial charge on any atom is 0.326 e. The summed E-state index contributed by atoms with van der Waals surface area (Å²) in [5.74, 6) is -0.403. The number of sulfone groups is 1. The monoisotopic (exact) mass is 320 g/mol. The number of rotatable bonds is 7. The van der Waals surface area contributed by atoms with Crippen molar-refractivity contribution in [3.63, 3.8) is 0 Å². The Morgan fingerprint density at radius 3 is 2.48 bits per heavy atom. The highest BCUT2D eigenvalue weighted by atomic mass is 32.2. The lowest BCUT2D eigenvalue weighted by Crippen LogP contribution is -2.47. The van der Waals surface area contributed by atoms with Gasteiger partial charge >= 0.3 is 12.0 Å². The van der Waals surface area contributed by atoms with Crippen molar-refractivity contribution in [1.29, 1.82) is 0 Å². The quantitative estimate of drug-likeness (QED) is 0.636. The topological polar surface area (TPSA) is 113 Å². The van der Waals surface area contributed by atoms with Gasteiger partial charge in [-0.15, -0.1) is 0 Å². The van der Waals surface area contributed by atoms with Crippen LogP contribution in [0.25, 0.3) is 0 Å². The van der Waals surface area contributed by atoms with E-state index in [2.05, 4.69) is 17.6 Å². The second kappa shape index (κ2) is 7.63. The molecule has 3 unspecified atom stereocenters. The van der Waals surface area contributed by atoms with Crippen molar-refractivity contribution in [2.24, 2.45) is 11.8 Å². The molecule has 1 aliphatic rings. The molecule has 1 aliphatic carbocycles. The molecule has 0 aromatic rings. The zero-order valence-corrected chi connectivity index (χ0v) is 13.3. The predicted molar refractivity (Wildman–Crippen MR) is 78.8 cm³/mol. The zero-order chi connectivity index (χ0) is 16.0. The molecule has 0 radical (unpaired) electrons. The molecule has 3 N–H and O–H groups in total. The van der Waals surface area contributed by atoms with Gasteiger partial charge in [0.15, 0.2) is 0 Å². The number of hydrogen-bond donors (Lipinski definition) is 3. The maximum atomic E-state index is 11.7. The molecule has 0 aromatic heterocycles. The minimum atomic E-state index is -3.26. The Labute approximate surface area is 125 Å². The second-order valence-electron chi connectivity index (χ2n) is 5.95. The summed E-state index contributed by atoms with van der Waals surface area (Å²) in [6.45, 7) is 2.69. The third-order valence-electron chi connectivity index (χ3n) is 3.74. The van der Waals surface area contributed by atoms with Crippen LogP contribution >= 0.6 is 0 Å². The minimum absolute atomic E-state index is 0.137. The van der Waals surface area contributed by atoms with Crippen molar-refractivity contribution in [1.82, 2.24) is 10.6 Å². The van der Waals surface area contributed by atoms with Crippen molar-refractivity contribution < 1.29 is 23.1 Å². The van der Waals surface area contributed by atoms with E-state index in [1.54, 1.807) is 0 Å². The third kappa shape index (κ3) is 7.31. The van der Waals surface area contributed by atoms with Gasteiger partial charge in [0.05, 0.1) is 5.75 Å². The molecule has 21 heavy (non-hydrogen) atoms. The average Bonchev–Trinajstić information content (AvgIpc) is 2.76. The van der Waals surface area contributed by atoms with Gasteiger partial charge < -0.3 is 15.7 Å². The van der Waals surface area contributed by atoms with E-state index >= 15 is 0 Å². The smallest absolute Gasteiger partial charge is 0.326 e. The summed E-state index contributed by atoms with van der Waals surface area (Å²) in [5.41, 5.74) is 0. The Morgan fingerprint density at radius 1 is 1.33 bits per heavy atom. The van der Waals surface area contributed by atoms with Crippen molar-refractivity contribution in [2.45, 2.75) is 38.6 Å². The minimum Gasteiger partial charge on any atom is -0.480 e. The van der Waals surface area contributed by atoms with E-state index in [1.165, 1.54) is 0 Å². The Morgan fingerprint density at radius 2 is 2.00 bits per heavy atom. The summed E-state index contributed by atoms with van der Waals surface area (Å²) < 4.78 is 22.1. The predicted octanol–water partition coefficient (Wildman–Crippen LogP) is 0.610.